The van der Waals surface area contributed by atoms with E-state index in [0.29, 0.717) is 11.5 Å². The van der Waals surface area contributed by atoms with Gasteiger partial charge in [-0.05, 0) is 30.9 Å². The van der Waals surface area contributed by atoms with Crippen LogP contribution in [0, 0.1) is 6.92 Å². The Morgan fingerprint density at radius 3 is 2.43 bits per heavy atom. The van der Waals surface area contributed by atoms with Crippen LogP contribution in [0.5, 0.6) is 5.75 Å². The average Bonchev–Trinajstić information content (AvgIpc) is 2.52. The normalized spacial score (nSPS) is 12.0. The van der Waals surface area contributed by atoms with E-state index in [1.54, 1.807) is 0 Å². The number of ether oxygens (including phenoxy) is 1. The van der Waals surface area contributed by atoms with Crippen LogP contribution in [0.2, 0.25) is 0 Å². The van der Waals surface area contributed by atoms with Crippen molar-refractivity contribution in [3.8, 4) is 5.75 Å². The monoisotopic (exact) mass is 282 g/mol. The zero-order valence-electron chi connectivity index (χ0n) is 12.9. The zero-order valence-corrected chi connectivity index (χ0v) is 12.9. The van der Waals surface area contributed by atoms with Gasteiger partial charge in [0.2, 0.25) is 0 Å². The fraction of sp³-hybridized carbons (Fsp3) is 0.316. The summed E-state index contributed by atoms with van der Waals surface area (Å²) in [6, 6.07) is 15.5. The molecule has 0 aliphatic rings. The molecule has 0 aliphatic carbocycles. The first kappa shape index (κ1) is 15.3. The van der Waals surface area contributed by atoms with E-state index in [4.69, 9.17) is 4.74 Å². The van der Waals surface area contributed by atoms with Crippen molar-refractivity contribution in [2.45, 2.75) is 33.1 Å². The fourth-order valence-electron chi connectivity index (χ4n) is 2.21. The third kappa shape index (κ3) is 3.94. The van der Waals surface area contributed by atoms with Gasteiger partial charge in [-0.1, -0.05) is 61.9 Å². The lowest BCUT2D eigenvalue weighted by Crippen LogP contribution is -2.12. The first-order valence-corrected chi connectivity index (χ1v) is 7.43. The van der Waals surface area contributed by atoms with Crippen LogP contribution in [-0.2, 0) is 0 Å². The number of rotatable bonds is 6. The molecule has 0 aromatic heterocycles. The Kier molecular flexibility index (Phi) is 5.15. The largest absolute Gasteiger partial charge is 0.485 e. The molecule has 1 atom stereocenters. The first-order chi connectivity index (χ1) is 10.1. The summed E-state index contributed by atoms with van der Waals surface area (Å²) >= 11 is 0. The van der Waals surface area contributed by atoms with Crippen LogP contribution in [0.4, 0.5) is 0 Å². The van der Waals surface area contributed by atoms with Crippen molar-refractivity contribution in [2.24, 2.45) is 0 Å². The molecule has 2 aromatic carbocycles. The molecule has 21 heavy (non-hydrogen) atoms. The molecule has 2 rings (SSSR count). The number of benzene rings is 2. The van der Waals surface area contributed by atoms with Gasteiger partial charge in [0.25, 0.3) is 0 Å². The van der Waals surface area contributed by atoms with Crippen LogP contribution < -0.4 is 4.74 Å². The van der Waals surface area contributed by atoms with Gasteiger partial charge in [0.1, 0.15) is 5.75 Å². The number of Topliss-reactive ketones (excluding diaryl/α,β-unsaturated/α-hetero) is 1. The van der Waals surface area contributed by atoms with Gasteiger partial charge < -0.3 is 4.74 Å². The second-order valence-electron chi connectivity index (χ2n) is 5.42. The van der Waals surface area contributed by atoms with Gasteiger partial charge in [-0.25, -0.2) is 0 Å². The Morgan fingerprint density at radius 2 is 1.76 bits per heavy atom. The Balaban J connectivity index is 2.06. The van der Waals surface area contributed by atoms with Gasteiger partial charge in [-0.3, -0.25) is 4.79 Å². The van der Waals surface area contributed by atoms with Crippen molar-refractivity contribution in [3.05, 3.63) is 65.2 Å². The Morgan fingerprint density at radius 1 is 1.10 bits per heavy atom. The number of hydrogen-bond donors (Lipinski definition) is 0. The summed E-state index contributed by atoms with van der Waals surface area (Å²) in [4.78, 5) is 12.2. The molecule has 2 heteroatoms. The highest BCUT2D eigenvalue weighted by Gasteiger charge is 2.12. The van der Waals surface area contributed by atoms with E-state index in [1.165, 1.54) is 0 Å². The molecule has 1 unspecified atom stereocenters. The van der Waals surface area contributed by atoms with E-state index in [9.17, 15) is 4.79 Å². The second kappa shape index (κ2) is 7.07. The Bertz CT molecular complexity index is 599. The molecule has 0 saturated carbocycles. The van der Waals surface area contributed by atoms with Gasteiger partial charge in [0, 0.05) is 5.56 Å². The number of carbonyl (C=O) groups excluding carboxylic acids is 1. The number of para-hydroxylation sites is 1. The van der Waals surface area contributed by atoms with Gasteiger partial charge in [-0.15, -0.1) is 0 Å². The SMILES string of the molecule is CCC(C)c1ccccc1OCC(=O)c1ccc(C)cc1. The summed E-state index contributed by atoms with van der Waals surface area (Å²) < 4.78 is 5.76. The number of aryl methyl sites for hydroxylation is 1. The quantitative estimate of drug-likeness (QED) is 0.713. The molecular weight excluding hydrogens is 260 g/mol. The summed E-state index contributed by atoms with van der Waals surface area (Å²) in [5, 5.41) is 0. The lowest BCUT2D eigenvalue weighted by molar-refractivity contribution is 0.0920. The van der Waals surface area contributed by atoms with Gasteiger partial charge >= 0.3 is 0 Å². The molecule has 0 N–H and O–H groups in total. The molecule has 0 spiro atoms. The summed E-state index contributed by atoms with van der Waals surface area (Å²) in [6.07, 6.45) is 1.05. The van der Waals surface area contributed by atoms with E-state index in [-0.39, 0.29) is 12.4 Å². The number of carbonyl (C=O) groups is 1. The van der Waals surface area contributed by atoms with Gasteiger partial charge in [0.15, 0.2) is 12.4 Å². The van der Waals surface area contributed by atoms with Gasteiger partial charge in [-0.2, -0.15) is 0 Å². The second-order valence-corrected chi connectivity index (χ2v) is 5.42. The fourth-order valence-corrected chi connectivity index (χ4v) is 2.21. The van der Waals surface area contributed by atoms with E-state index < -0.39 is 0 Å². The molecule has 0 bridgehead atoms. The molecule has 2 aromatic rings. The highest BCUT2D eigenvalue weighted by atomic mass is 16.5. The molecule has 0 aliphatic heterocycles. The molecule has 0 saturated heterocycles. The van der Waals surface area contributed by atoms with Gasteiger partial charge in [0.05, 0.1) is 0 Å². The Hall–Kier alpha value is -2.09. The lowest BCUT2D eigenvalue weighted by atomic mass is 9.98. The van der Waals surface area contributed by atoms with Crippen LogP contribution in [-0.4, -0.2) is 12.4 Å². The van der Waals surface area contributed by atoms with Crippen molar-refractivity contribution in [3.63, 3.8) is 0 Å². The molecule has 2 nitrogen and oxygen atoms in total. The number of hydrogen-bond acceptors (Lipinski definition) is 2. The molecule has 0 radical (unpaired) electrons. The maximum atomic E-state index is 12.2. The third-order valence-corrected chi connectivity index (χ3v) is 3.79. The van der Waals surface area contributed by atoms with Crippen molar-refractivity contribution >= 4 is 5.78 Å². The smallest absolute Gasteiger partial charge is 0.200 e. The maximum Gasteiger partial charge on any atom is 0.200 e. The van der Waals surface area contributed by atoms with Crippen molar-refractivity contribution < 1.29 is 9.53 Å². The minimum absolute atomic E-state index is 0.00829. The third-order valence-electron chi connectivity index (χ3n) is 3.79. The van der Waals surface area contributed by atoms with Crippen LogP contribution >= 0.6 is 0 Å². The maximum absolute atomic E-state index is 12.2. The first-order valence-electron chi connectivity index (χ1n) is 7.43. The molecular formula is C19H22O2. The van der Waals surface area contributed by atoms with E-state index in [0.717, 1.165) is 23.3 Å². The predicted molar refractivity (Wildman–Crippen MR) is 86.2 cm³/mol. The summed E-state index contributed by atoms with van der Waals surface area (Å²) in [5.41, 5.74) is 3.01. The van der Waals surface area contributed by atoms with Crippen molar-refractivity contribution in [1.29, 1.82) is 0 Å². The standard InChI is InChI=1S/C19H22O2/c1-4-15(3)17-7-5-6-8-19(17)21-13-18(20)16-11-9-14(2)10-12-16/h5-12,15H,4,13H2,1-3H3. The van der Waals surface area contributed by atoms with Crippen LogP contribution in [0.25, 0.3) is 0 Å². The zero-order chi connectivity index (χ0) is 15.2. The van der Waals surface area contributed by atoms with E-state index >= 15 is 0 Å². The average molecular weight is 282 g/mol. The highest BCUT2D eigenvalue weighted by Crippen LogP contribution is 2.28. The minimum atomic E-state index is 0.00829. The molecule has 0 fully saturated rings. The van der Waals surface area contributed by atoms with Crippen LogP contribution in [0.1, 0.15) is 47.7 Å². The minimum Gasteiger partial charge on any atom is -0.485 e. The highest BCUT2D eigenvalue weighted by molar-refractivity contribution is 5.97. The molecule has 0 amide bonds. The molecule has 110 valence electrons. The number of ketones is 1. The summed E-state index contributed by atoms with van der Waals surface area (Å²) in [5.74, 6) is 1.25. The van der Waals surface area contributed by atoms with Crippen LogP contribution in [0.15, 0.2) is 48.5 Å². The lowest BCUT2D eigenvalue weighted by Gasteiger charge is -2.15. The van der Waals surface area contributed by atoms with E-state index in [1.807, 2.05) is 49.4 Å². The Labute approximate surface area is 126 Å². The van der Waals surface area contributed by atoms with Crippen molar-refractivity contribution in [1.82, 2.24) is 0 Å². The summed E-state index contributed by atoms with van der Waals surface area (Å²) in [6.45, 7) is 6.41. The van der Waals surface area contributed by atoms with Crippen LogP contribution in [0.3, 0.4) is 0 Å². The molecule has 0 heterocycles. The summed E-state index contributed by atoms with van der Waals surface area (Å²) in [7, 11) is 0. The predicted octanol–water partition coefficient (Wildman–Crippen LogP) is 4.77. The topological polar surface area (TPSA) is 26.3 Å². The van der Waals surface area contributed by atoms with E-state index in [2.05, 4.69) is 19.9 Å². The van der Waals surface area contributed by atoms with Crippen molar-refractivity contribution in [2.75, 3.05) is 6.61 Å².